The number of anilines is 1. The molecule has 1 N–H and O–H groups in total. The highest BCUT2D eigenvalue weighted by molar-refractivity contribution is 5.94. The molecular formula is C23H23NO2. The molecule has 0 saturated heterocycles. The number of nitrogens with one attached hydrogen (secondary N) is 1. The zero-order chi connectivity index (χ0) is 18.4. The Labute approximate surface area is 154 Å². The summed E-state index contributed by atoms with van der Waals surface area (Å²) < 4.78 is 5.78. The van der Waals surface area contributed by atoms with Crippen molar-refractivity contribution in [3.63, 3.8) is 0 Å². The number of hydrogen-bond acceptors (Lipinski definition) is 2. The molecule has 3 aromatic rings. The molecule has 0 aliphatic rings. The van der Waals surface area contributed by atoms with E-state index in [1.807, 2.05) is 73.7 Å². The summed E-state index contributed by atoms with van der Waals surface area (Å²) in [5.74, 6) is 0.539. The smallest absolute Gasteiger partial charge is 0.265 e. The van der Waals surface area contributed by atoms with Crippen LogP contribution < -0.4 is 10.1 Å². The molecule has 3 rings (SSSR count). The van der Waals surface area contributed by atoms with Gasteiger partial charge in [0.05, 0.1) is 0 Å². The first-order valence-corrected chi connectivity index (χ1v) is 8.78. The van der Waals surface area contributed by atoms with Crippen molar-refractivity contribution in [2.75, 3.05) is 5.32 Å². The molecule has 0 radical (unpaired) electrons. The standard InChI is InChI=1S/C23H23NO2/c1-17-9-8-13-21(15-17)26-18(2)23(25)24-22-14-7-6-12-20(22)16-19-10-4-3-5-11-19/h3-15,18H,16H2,1-2H3,(H,24,25). The van der Waals surface area contributed by atoms with Gasteiger partial charge in [-0.1, -0.05) is 60.7 Å². The molecule has 1 atom stereocenters. The molecular weight excluding hydrogens is 322 g/mol. The molecule has 0 spiro atoms. The fourth-order valence-corrected chi connectivity index (χ4v) is 2.79. The molecule has 0 aliphatic heterocycles. The summed E-state index contributed by atoms with van der Waals surface area (Å²) in [6, 6.07) is 25.8. The van der Waals surface area contributed by atoms with Gasteiger partial charge >= 0.3 is 0 Å². The number of carbonyl (C=O) groups is 1. The average molecular weight is 345 g/mol. The van der Waals surface area contributed by atoms with E-state index < -0.39 is 6.10 Å². The first-order valence-electron chi connectivity index (χ1n) is 8.78. The number of amides is 1. The van der Waals surface area contributed by atoms with Crippen LogP contribution in [-0.2, 0) is 11.2 Å². The summed E-state index contributed by atoms with van der Waals surface area (Å²) in [7, 11) is 0. The third-order valence-corrected chi connectivity index (χ3v) is 4.18. The van der Waals surface area contributed by atoms with Crippen molar-refractivity contribution in [3.05, 3.63) is 95.6 Å². The number of rotatable bonds is 6. The molecule has 0 fully saturated rings. The molecule has 0 aromatic heterocycles. The van der Waals surface area contributed by atoms with Gasteiger partial charge in [-0.25, -0.2) is 0 Å². The quantitative estimate of drug-likeness (QED) is 0.683. The van der Waals surface area contributed by atoms with Crippen LogP contribution >= 0.6 is 0 Å². The molecule has 3 aromatic carbocycles. The van der Waals surface area contributed by atoms with E-state index in [-0.39, 0.29) is 5.91 Å². The Hall–Kier alpha value is -3.07. The SMILES string of the molecule is Cc1cccc(OC(C)C(=O)Nc2ccccc2Cc2ccccc2)c1. The zero-order valence-electron chi connectivity index (χ0n) is 15.1. The Bertz CT molecular complexity index is 874. The summed E-state index contributed by atoms with van der Waals surface area (Å²) in [6.45, 7) is 3.76. The van der Waals surface area contributed by atoms with Gasteiger partial charge in [0.25, 0.3) is 5.91 Å². The van der Waals surface area contributed by atoms with Crippen molar-refractivity contribution in [2.24, 2.45) is 0 Å². The van der Waals surface area contributed by atoms with Crippen molar-refractivity contribution in [2.45, 2.75) is 26.4 Å². The van der Waals surface area contributed by atoms with E-state index in [0.29, 0.717) is 5.75 Å². The second-order valence-electron chi connectivity index (χ2n) is 6.39. The molecule has 0 aliphatic carbocycles. The highest BCUT2D eigenvalue weighted by Gasteiger charge is 2.16. The van der Waals surface area contributed by atoms with Crippen LogP contribution in [0.3, 0.4) is 0 Å². The van der Waals surface area contributed by atoms with Gasteiger partial charge in [0.15, 0.2) is 6.10 Å². The minimum absolute atomic E-state index is 0.160. The van der Waals surface area contributed by atoms with Crippen molar-refractivity contribution in [1.29, 1.82) is 0 Å². The molecule has 1 unspecified atom stereocenters. The van der Waals surface area contributed by atoms with Crippen LogP contribution in [0.25, 0.3) is 0 Å². The van der Waals surface area contributed by atoms with Gasteiger partial charge in [-0.3, -0.25) is 4.79 Å². The zero-order valence-corrected chi connectivity index (χ0v) is 15.1. The van der Waals surface area contributed by atoms with Crippen LogP contribution in [-0.4, -0.2) is 12.0 Å². The van der Waals surface area contributed by atoms with E-state index in [9.17, 15) is 4.79 Å². The molecule has 3 heteroatoms. The van der Waals surface area contributed by atoms with Crippen molar-refractivity contribution >= 4 is 11.6 Å². The van der Waals surface area contributed by atoms with Crippen LogP contribution in [0.4, 0.5) is 5.69 Å². The van der Waals surface area contributed by atoms with Gasteiger partial charge in [0.1, 0.15) is 5.75 Å². The number of carbonyl (C=O) groups excluding carboxylic acids is 1. The lowest BCUT2D eigenvalue weighted by atomic mass is 10.0. The van der Waals surface area contributed by atoms with Crippen molar-refractivity contribution < 1.29 is 9.53 Å². The molecule has 0 heterocycles. The summed E-state index contributed by atoms with van der Waals surface area (Å²) in [4.78, 5) is 12.6. The second kappa shape index (κ2) is 8.34. The first-order chi connectivity index (χ1) is 12.6. The van der Waals surface area contributed by atoms with Gasteiger partial charge in [-0.05, 0) is 55.2 Å². The van der Waals surface area contributed by atoms with E-state index in [4.69, 9.17) is 4.74 Å². The second-order valence-corrected chi connectivity index (χ2v) is 6.39. The van der Waals surface area contributed by atoms with Gasteiger partial charge in [0.2, 0.25) is 0 Å². The van der Waals surface area contributed by atoms with Crippen molar-refractivity contribution in [3.8, 4) is 5.75 Å². The summed E-state index contributed by atoms with van der Waals surface area (Å²) in [5.41, 5.74) is 4.21. The molecule has 0 bridgehead atoms. The predicted octanol–water partition coefficient (Wildman–Crippen LogP) is 4.99. The molecule has 0 saturated carbocycles. The summed E-state index contributed by atoms with van der Waals surface area (Å²) >= 11 is 0. The molecule has 1 amide bonds. The van der Waals surface area contributed by atoms with E-state index in [1.165, 1.54) is 5.56 Å². The van der Waals surface area contributed by atoms with E-state index >= 15 is 0 Å². The fourth-order valence-electron chi connectivity index (χ4n) is 2.79. The van der Waals surface area contributed by atoms with Gasteiger partial charge in [-0.15, -0.1) is 0 Å². The lowest BCUT2D eigenvalue weighted by Gasteiger charge is -2.17. The molecule has 3 nitrogen and oxygen atoms in total. The highest BCUT2D eigenvalue weighted by Crippen LogP contribution is 2.20. The largest absolute Gasteiger partial charge is 0.481 e. The minimum atomic E-state index is -0.582. The van der Waals surface area contributed by atoms with Gasteiger partial charge < -0.3 is 10.1 Å². The Morgan fingerprint density at radius 1 is 0.962 bits per heavy atom. The number of hydrogen-bond donors (Lipinski definition) is 1. The van der Waals surface area contributed by atoms with E-state index in [1.54, 1.807) is 6.92 Å². The highest BCUT2D eigenvalue weighted by atomic mass is 16.5. The molecule has 132 valence electrons. The molecule has 26 heavy (non-hydrogen) atoms. The third kappa shape index (κ3) is 4.73. The predicted molar refractivity (Wildman–Crippen MR) is 106 cm³/mol. The number of para-hydroxylation sites is 1. The number of ether oxygens (including phenoxy) is 1. The topological polar surface area (TPSA) is 38.3 Å². The van der Waals surface area contributed by atoms with E-state index in [0.717, 1.165) is 23.2 Å². The monoisotopic (exact) mass is 345 g/mol. The minimum Gasteiger partial charge on any atom is -0.481 e. The van der Waals surface area contributed by atoms with Crippen LogP contribution in [0.5, 0.6) is 5.75 Å². The number of benzene rings is 3. The first kappa shape index (κ1) is 17.7. The van der Waals surface area contributed by atoms with Crippen molar-refractivity contribution in [1.82, 2.24) is 0 Å². The third-order valence-electron chi connectivity index (χ3n) is 4.18. The van der Waals surface area contributed by atoms with Crippen LogP contribution in [0, 0.1) is 6.92 Å². The Morgan fingerprint density at radius 2 is 1.69 bits per heavy atom. The fraction of sp³-hybridized carbons (Fsp3) is 0.174. The Kier molecular flexibility index (Phi) is 5.69. The maximum atomic E-state index is 12.6. The average Bonchev–Trinajstić information content (AvgIpc) is 2.64. The van der Waals surface area contributed by atoms with Crippen LogP contribution in [0.1, 0.15) is 23.6 Å². The summed E-state index contributed by atoms with van der Waals surface area (Å²) in [6.07, 6.45) is 0.186. The number of aryl methyl sites for hydroxylation is 1. The maximum Gasteiger partial charge on any atom is 0.265 e. The van der Waals surface area contributed by atoms with E-state index in [2.05, 4.69) is 17.4 Å². The normalized spacial score (nSPS) is 11.6. The van der Waals surface area contributed by atoms with Gasteiger partial charge in [-0.2, -0.15) is 0 Å². The van der Waals surface area contributed by atoms with Crippen LogP contribution in [0.2, 0.25) is 0 Å². The summed E-state index contributed by atoms with van der Waals surface area (Å²) in [5, 5.41) is 3.00. The lowest BCUT2D eigenvalue weighted by molar-refractivity contribution is -0.122. The lowest BCUT2D eigenvalue weighted by Crippen LogP contribution is -2.30. The van der Waals surface area contributed by atoms with Gasteiger partial charge in [0, 0.05) is 5.69 Å². The maximum absolute atomic E-state index is 12.6. The van der Waals surface area contributed by atoms with Crippen LogP contribution in [0.15, 0.2) is 78.9 Å². The Morgan fingerprint density at radius 3 is 2.46 bits per heavy atom. The Balaban J connectivity index is 1.69.